The molecule has 0 aliphatic heterocycles. The summed E-state index contributed by atoms with van der Waals surface area (Å²) < 4.78 is 7.32. The van der Waals surface area contributed by atoms with Crippen molar-refractivity contribution in [2.75, 3.05) is 5.75 Å². The van der Waals surface area contributed by atoms with Crippen molar-refractivity contribution in [2.45, 2.75) is 11.8 Å². The fourth-order valence-electron chi connectivity index (χ4n) is 1.47. The summed E-state index contributed by atoms with van der Waals surface area (Å²) in [6.45, 7) is 0.196. The molecule has 1 aromatic carbocycles. The minimum atomic E-state index is -0.409. The number of thioether (sulfide) groups is 1. The van der Waals surface area contributed by atoms with E-state index in [2.05, 4.69) is 10.2 Å². The topological polar surface area (TPSA) is 83.0 Å². The molecule has 0 saturated heterocycles. The fourth-order valence-corrected chi connectivity index (χ4v) is 2.60. The second-order valence-corrected chi connectivity index (χ2v) is 5.86. The summed E-state index contributed by atoms with van der Waals surface area (Å²) in [5, 5.41) is 9.53. The first-order valence-corrected chi connectivity index (χ1v) is 7.58. The van der Waals surface area contributed by atoms with Gasteiger partial charge in [-0.3, -0.25) is 4.79 Å². The van der Waals surface area contributed by atoms with Crippen LogP contribution in [0.4, 0.5) is 0 Å². The Morgan fingerprint density at radius 3 is 2.86 bits per heavy atom. The van der Waals surface area contributed by atoms with Gasteiger partial charge in [0.1, 0.15) is 12.4 Å². The second kappa shape index (κ2) is 7.02. The number of ether oxygens (including phenoxy) is 1. The predicted octanol–water partition coefficient (Wildman–Crippen LogP) is 2.28. The van der Waals surface area contributed by atoms with Crippen molar-refractivity contribution in [1.82, 2.24) is 14.8 Å². The number of amides is 1. The zero-order valence-electron chi connectivity index (χ0n) is 11.0. The molecule has 1 amide bonds. The Labute approximate surface area is 135 Å². The lowest BCUT2D eigenvalue weighted by Crippen LogP contribution is -2.13. The summed E-state index contributed by atoms with van der Waals surface area (Å²) in [6.07, 6.45) is 0. The van der Waals surface area contributed by atoms with Gasteiger partial charge in [0.25, 0.3) is 0 Å². The molecule has 0 bridgehead atoms. The molecule has 0 unspecified atom stereocenters. The third kappa shape index (κ3) is 4.26. The third-order valence-electron chi connectivity index (χ3n) is 2.52. The highest BCUT2D eigenvalue weighted by Gasteiger charge is 2.11. The van der Waals surface area contributed by atoms with E-state index in [0.717, 1.165) is 0 Å². The van der Waals surface area contributed by atoms with Gasteiger partial charge in [0.15, 0.2) is 11.0 Å². The number of hydrogen-bond donors (Lipinski definition) is 1. The van der Waals surface area contributed by atoms with Crippen molar-refractivity contribution in [3.8, 4) is 5.75 Å². The van der Waals surface area contributed by atoms with Gasteiger partial charge in [0.05, 0.1) is 10.8 Å². The summed E-state index contributed by atoms with van der Waals surface area (Å²) in [5.74, 6) is 0.854. The Balaban J connectivity index is 2.02. The lowest BCUT2D eigenvalue weighted by molar-refractivity contribution is -0.115. The number of halogens is 2. The zero-order valence-corrected chi connectivity index (χ0v) is 13.4. The van der Waals surface area contributed by atoms with E-state index >= 15 is 0 Å². The quantitative estimate of drug-likeness (QED) is 0.811. The molecule has 21 heavy (non-hydrogen) atoms. The molecular formula is C12H12Cl2N4O2S. The number of benzene rings is 1. The van der Waals surface area contributed by atoms with Crippen LogP contribution in [0.5, 0.6) is 5.75 Å². The molecule has 0 spiro atoms. The zero-order chi connectivity index (χ0) is 15.4. The van der Waals surface area contributed by atoms with E-state index in [4.69, 9.17) is 33.7 Å². The Kier molecular flexibility index (Phi) is 5.33. The van der Waals surface area contributed by atoms with Crippen LogP contribution in [0.15, 0.2) is 23.4 Å². The number of carbonyl (C=O) groups excluding carboxylic acids is 1. The van der Waals surface area contributed by atoms with Crippen molar-refractivity contribution < 1.29 is 9.53 Å². The number of nitrogens with zero attached hydrogens (tertiary/aromatic N) is 3. The highest BCUT2D eigenvalue weighted by Crippen LogP contribution is 2.28. The maximum Gasteiger partial charge on any atom is 0.227 e. The van der Waals surface area contributed by atoms with Gasteiger partial charge in [-0.1, -0.05) is 35.0 Å². The maximum atomic E-state index is 10.8. The van der Waals surface area contributed by atoms with Crippen LogP contribution in [-0.2, 0) is 18.4 Å². The van der Waals surface area contributed by atoms with Gasteiger partial charge in [-0.15, -0.1) is 10.2 Å². The van der Waals surface area contributed by atoms with E-state index in [1.807, 2.05) is 0 Å². The smallest absolute Gasteiger partial charge is 0.227 e. The van der Waals surface area contributed by atoms with Crippen molar-refractivity contribution >= 4 is 40.9 Å². The average molecular weight is 347 g/mol. The first-order chi connectivity index (χ1) is 9.97. The van der Waals surface area contributed by atoms with Crippen LogP contribution in [0, 0.1) is 0 Å². The average Bonchev–Trinajstić information content (AvgIpc) is 2.76. The van der Waals surface area contributed by atoms with Gasteiger partial charge in [0.2, 0.25) is 5.91 Å². The lowest BCUT2D eigenvalue weighted by atomic mass is 10.3. The molecule has 0 radical (unpaired) electrons. The molecule has 2 aromatic rings. The Hall–Kier alpha value is -1.44. The van der Waals surface area contributed by atoms with Crippen molar-refractivity contribution in [3.05, 3.63) is 34.1 Å². The molecule has 2 rings (SSSR count). The van der Waals surface area contributed by atoms with E-state index in [9.17, 15) is 4.79 Å². The minimum absolute atomic E-state index is 0.149. The standard InChI is InChI=1S/C12H12Cl2N4O2S/c1-18-11(16-17-12(18)21-6-10(15)19)5-20-9-3-2-7(13)4-8(9)14/h2-4H,5-6H2,1H3,(H2,15,19). The molecule has 6 nitrogen and oxygen atoms in total. The van der Waals surface area contributed by atoms with E-state index < -0.39 is 5.91 Å². The molecule has 1 aromatic heterocycles. The third-order valence-corrected chi connectivity index (χ3v) is 4.09. The highest BCUT2D eigenvalue weighted by molar-refractivity contribution is 7.99. The molecule has 2 N–H and O–H groups in total. The van der Waals surface area contributed by atoms with E-state index in [0.29, 0.717) is 26.8 Å². The second-order valence-electron chi connectivity index (χ2n) is 4.08. The predicted molar refractivity (Wildman–Crippen MR) is 81.7 cm³/mol. The molecule has 9 heteroatoms. The van der Waals surface area contributed by atoms with Crippen LogP contribution in [0.3, 0.4) is 0 Å². The highest BCUT2D eigenvalue weighted by atomic mass is 35.5. The minimum Gasteiger partial charge on any atom is -0.484 e. The van der Waals surface area contributed by atoms with Crippen molar-refractivity contribution in [2.24, 2.45) is 12.8 Å². The number of nitrogens with two attached hydrogens (primary N) is 1. The fraction of sp³-hybridized carbons (Fsp3) is 0.250. The van der Waals surface area contributed by atoms with E-state index in [1.165, 1.54) is 11.8 Å². The SMILES string of the molecule is Cn1c(COc2ccc(Cl)cc2Cl)nnc1SCC(N)=O. The van der Waals surface area contributed by atoms with Crippen LogP contribution in [0.1, 0.15) is 5.82 Å². The summed E-state index contributed by atoms with van der Waals surface area (Å²) in [4.78, 5) is 10.8. The van der Waals surface area contributed by atoms with Crippen molar-refractivity contribution in [1.29, 1.82) is 0 Å². The van der Waals surface area contributed by atoms with Crippen LogP contribution >= 0.6 is 35.0 Å². The summed E-state index contributed by atoms with van der Waals surface area (Å²) in [7, 11) is 1.78. The lowest BCUT2D eigenvalue weighted by Gasteiger charge is -2.08. The van der Waals surface area contributed by atoms with Gasteiger partial charge >= 0.3 is 0 Å². The van der Waals surface area contributed by atoms with Gasteiger partial charge in [0, 0.05) is 12.1 Å². The number of rotatable bonds is 6. The van der Waals surface area contributed by atoms with Crippen LogP contribution in [-0.4, -0.2) is 26.4 Å². The van der Waals surface area contributed by atoms with Crippen molar-refractivity contribution in [3.63, 3.8) is 0 Å². The van der Waals surface area contributed by atoms with Gasteiger partial charge in [-0.05, 0) is 18.2 Å². The van der Waals surface area contributed by atoms with E-state index in [-0.39, 0.29) is 12.4 Å². The Morgan fingerprint density at radius 2 is 2.19 bits per heavy atom. The monoisotopic (exact) mass is 346 g/mol. The maximum absolute atomic E-state index is 10.8. The number of hydrogen-bond acceptors (Lipinski definition) is 5. The normalized spacial score (nSPS) is 10.6. The molecule has 0 fully saturated rings. The largest absolute Gasteiger partial charge is 0.484 e. The molecule has 1 heterocycles. The first kappa shape index (κ1) is 15.9. The van der Waals surface area contributed by atoms with Gasteiger partial charge in [-0.25, -0.2) is 0 Å². The molecule has 0 aliphatic rings. The number of aromatic nitrogens is 3. The van der Waals surface area contributed by atoms with Crippen LogP contribution in [0.25, 0.3) is 0 Å². The number of carbonyl (C=O) groups is 1. The number of primary amides is 1. The molecular weight excluding hydrogens is 335 g/mol. The molecule has 0 saturated carbocycles. The summed E-state index contributed by atoms with van der Waals surface area (Å²) >= 11 is 13.1. The summed E-state index contributed by atoms with van der Waals surface area (Å²) in [5.41, 5.74) is 5.09. The Bertz CT molecular complexity index is 663. The molecule has 0 aliphatic carbocycles. The van der Waals surface area contributed by atoms with Crippen LogP contribution < -0.4 is 10.5 Å². The van der Waals surface area contributed by atoms with Gasteiger partial charge < -0.3 is 15.0 Å². The summed E-state index contributed by atoms with van der Waals surface area (Å²) in [6, 6.07) is 4.97. The molecule has 0 atom stereocenters. The first-order valence-electron chi connectivity index (χ1n) is 5.84. The van der Waals surface area contributed by atoms with Gasteiger partial charge in [-0.2, -0.15) is 0 Å². The molecule has 112 valence electrons. The van der Waals surface area contributed by atoms with E-state index in [1.54, 1.807) is 29.8 Å². The van der Waals surface area contributed by atoms with Crippen LogP contribution in [0.2, 0.25) is 10.0 Å². The Morgan fingerprint density at radius 1 is 1.43 bits per heavy atom.